The first kappa shape index (κ1) is 16.0. The molecule has 0 bridgehead atoms. The SMILES string of the molecule is CCc1ccc(S(=O)(=O)Nc2ccc(C)c(C(=O)O)c2)cc1. The molecule has 0 aromatic heterocycles. The molecule has 0 saturated heterocycles. The van der Waals surface area contributed by atoms with Gasteiger partial charge in [0.05, 0.1) is 10.5 Å². The van der Waals surface area contributed by atoms with Crippen LogP contribution in [0.15, 0.2) is 47.4 Å². The number of nitrogens with one attached hydrogen (secondary N) is 1. The standard InChI is InChI=1S/C16H17NO4S/c1-3-12-5-8-14(9-6-12)22(20,21)17-13-7-4-11(2)15(10-13)16(18)19/h4-10,17H,3H2,1-2H3,(H,18,19). The second kappa shape index (κ2) is 6.19. The lowest BCUT2D eigenvalue weighted by Crippen LogP contribution is -2.13. The van der Waals surface area contributed by atoms with Gasteiger partial charge in [0.15, 0.2) is 0 Å². The van der Waals surface area contributed by atoms with Crippen molar-refractivity contribution in [2.75, 3.05) is 4.72 Å². The molecule has 0 heterocycles. The van der Waals surface area contributed by atoms with Gasteiger partial charge in [0, 0.05) is 5.69 Å². The molecule has 0 aliphatic carbocycles. The molecule has 0 saturated carbocycles. The minimum Gasteiger partial charge on any atom is -0.478 e. The maximum absolute atomic E-state index is 12.3. The van der Waals surface area contributed by atoms with Gasteiger partial charge in [-0.05, 0) is 48.7 Å². The van der Waals surface area contributed by atoms with Gasteiger partial charge < -0.3 is 5.11 Å². The van der Waals surface area contributed by atoms with Crippen LogP contribution in [0.3, 0.4) is 0 Å². The Kier molecular flexibility index (Phi) is 4.51. The Bertz CT molecular complexity index is 795. The Balaban J connectivity index is 2.32. The Labute approximate surface area is 129 Å². The molecule has 2 aromatic rings. The molecule has 5 nitrogen and oxygen atoms in total. The first-order valence-corrected chi connectivity index (χ1v) is 8.27. The number of hydrogen-bond donors (Lipinski definition) is 2. The van der Waals surface area contributed by atoms with Crippen molar-refractivity contribution < 1.29 is 18.3 Å². The predicted octanol–water partition coefficient (Wildman–Crippen LogP) is 3.06. The van der Waals surface area contributed by atoms with Gasteiger partial charge >= 0.3 is 5.97 Å². The summed E-state index contributed by atoms with van der Waals surface area (Å²) < 4.78 is 27.0. The third kappa shape index (κ3) is 3.46. The fraction of sp³-hybridized carbons (Fsp3) is 0.188. The van der Waals surface area contributed by atoms with Crippen molar-refractivity contribution >= 4 is 21.7 Å². The Morgan fingerprint density at radius 2 is 1.77 bits per heavy atom. The summed E-state index contributed by atoms with van der Waals surface area (Å²) in [5, 5.41) is 9.09. The zero-order valence-corrected chi connectivity index (χ0v) is 13.1. The van der Waals surface area contributed by atoms with Crippen LogP contribution >= 0.6 is 0 Å². The summed E-state index contributed by atoms with van der Waals surface area (Å²) in [4.78, 5) is 11.2. The van der Waals surface area contributed by atoms with Crippen LogP contribution in [0.1, 0.15) is 28.4 Å². The molecule has 2 N–H and O–H groups in total. The highest BCUT2D eigenvalue weighted by Gasteiger charge is 2.15. The zero-order valence-electron chi connectivity index (χ0n) is 12.3. The van der Waals surface area contributed by atoms with Crippen LogP contribution in [0, 0.1) is 6.92 Å². The molecule has 0 unspecified atom stereocenters. The van der Waals surface area contributed by atoms with E-state index in [9.17, 15) is 13.2 Å². The molecule has 6 heteroatoms. The minimum absolute atomic E-state index is 0.0709. The number of rotatable bonds is 5. The quantitative estimate of drug-likeness (QED) is 0.887. The first-order valence-electron chi connectivity index (χ1n) is 6.79. The lowest BCUT2D eigenvalue weighted by atomic mass is 10.1. The first-order chi connectivity index (χ1) is 10.3. The van der Waals surface area contributed by atoms with Crippen LogP contribution in [0.5, 0.6) is 0 Å². The molecule has 22 heavy (non-hydrogen) atoms. The van der Waals surface area contributed by atoms with E-state index in [0.29, 0.717) is 5.56 Å². The minimum atomic E-state index is -3.74. The highest BCUT2D eigenvalue weighted by atomic mass is 32.2. The average Bonchev–Trinajstić information content (AvgIpc) is 2.48. The molecular weight excluding hydrogens is 302 g/mol. The summed E-state index contributed by atoms with van der Waals surface area (Å²) in [6.45, 7) is 3.65. The summed E-state index contributed by atoms with van der Waals surface area (Å²) in [7, 11) is -3.74. The Hall–Kier alpha value is -2.34. The summed E-state index contributed by atoms with van der Waals surface area (Å²) in [5.74, 6) is -1.09. The van der Waals surface area contributed by atoms with Crippen molar-refractivity contribution in [3.8, 4) is 0 Å². The monoisotopic (exact) mass is 319 g/mol. The van der Waals surface area contributed by atoms with Crippen molar-refractivity contribution in [2.24, 2.45) is 0 Å². The Morgan fingerprint density at radius 3 is 2.32 bits per heavy atom. The summed E-state index contributed by atoms with van der Waals surface area (Å²) in [5.41, 5.74) is 1.91. The van der Waals surface area contributed by atoms with E-state index in [4.69, 9.17) is 5.11 Å². The fourth-order valence-electron chi connectivity index (χ4n) is 2.03. The molecule has 2 aromatic carbocycles. The highest BCUT2D eigenvalue weighted by molar-refractivity contribution is 7.92. The summed E-state index contributed by atoms with van der Waals surface area (Å²) >= 11 is 0. The topological polar surface area (TPSA) is 83.5 Å². The maximum Gasteiger partial charge on any atom is 0.336 e. The zero-order chi connectivity index (χ0) is 16.3. The third-order valence-electron chi connectivity index (χ3n) is 3.36. The molecule has 0 aliphatic rings. The number of carboxylic acids is 1. The van der Waals surface area contributed by atoms with Crippen LogP contribution in [-0.2, 0) is 16.4 Å². The number of aryl methyl sites for hydroxylation is 2. The molecule has 0 amide bonds. The largest absolute Gasteiger partial charge is 0.478 e. The molecular formula is C16H17NO4S. The van der Waals surface area contributed by atoms with Crippen LogP contribution in [0.4, 0.5) is 5.69 Å². The summed E-state index contributed by atoms with van der Waals surface area (Å²) in [6.07, 6.45) is 0.827. The van der Waals surface area contributed by atoms with E-state index in [1.54, 1.807) is 31.2 Å². The van der Waals surface area contributed by atoms with Gasteiger partial charge in [0.2, 0.25) is 0 Å². The Morgan fingerprint density at radius 1 is 1.14 bits per heavy atom. The lowest BCUT2D eigenvalue weighted by Gasteiger charge is -2.10. The number of benzene rings is 2. The fourth-order valence-corrected chi connectivity index (χ4v) is 3.08. The molecule has 0 spiro atoms. The van der Waals surface area contributed by atoms with Crippen molar-refractivity contribution in [2.45, 2.75) is 25.2 Å². The van der Waals surface area contributed by atoms with Crippen LogP contribution < -0.4 is 4.72 Å². The molecule has 0 fully saturated rings. The smallest absolute Gasteiger partial charge is 0.336 e. The predicted molar refractivity (Wildman–Crippen MR) is 84.8 cm³/mol. The van der Waals surface area contributed by atoms with E-state index >= 15 is 0 Å². The number of anilines is 1. The van der Waals surface area contributed by atoms with E-state index in [1.165, 1.54) is 18.2 Å². The average molecular weight is 319 g/mol. The van der Waals surface area contributed by atoms with Crippen LogP contribution in [-0.4, -0.2) is 19.5 Å². The van der Waals surface area contributed by atoms with E-state index in [-0.39, 0.29) is 16.1 Å². The number of sulfonamides is 1. The van der Waals surface area contributed by atoms with Crippen LogP contribution in [0.2, 0.25) is 0 Å². The van der Waals surface area contributed by atoms with Gasteiger partial charge in [-0.25, -0.2) is 13.2 Å². The highest BCUT2D eigenvalue weighted by Crippen LogP contribution is 2.20. The second-order valence-electron chi connectivity index (χ2n) is 4.94. The van der Waals surface area contributed by atoms with E-state index in [2.05, 4.69) is 4.72 Å². The lowest BCUT2D eigenvalue weighted by molar-refractivity contribution is 0.0696. The molecule has 0 atom stereocenters. The van der Waals surface area contributed by atoms with Gasteiger partial charge in [-0.2, -0.15) is 0 Å². The number of carbonyl (C=O) groups is 1. The van der Waals surface area contributed by atoms with Gasteiger partial charge in [-0.3, -0.25) is 4.72 Å². The molecule has 116 valence electrons. The number of hydrogen-bond acceptors (Lipinski definition) is 3. The van der Waals surface area contributed by atoms with Gasteiger partial charge in [-0.1, -0.05) is 25.1 Å². The number of aromatic carboxylic acids is 1. The van der Waals surface area contributed by atoms with Crippen molar-refractivity contribution in [1.29, 1.82) is 0 Å². The number of carboxylic acid groups (broad SMARTS) is 1. The van der Waals surface area contributed by atoms with E-state index in [0.717, 1.165) is 12.0 Å². The van der Waals surface area contributed by atoms with E-state index < -0.39 is 16.0 Å². The van der Waals surface area contributed by atoms with Gasteiger partial charge in [-0.15, -0.1) is 0 Å². The van der Waals surface area contributed by atoms with Gasteiger partial charge in [0.1, 0.15) is 0 Å². The molecule has 0 radical (unpaired) electrons. The maximum atomic E-state index is 12.3. The second-order valence-corrected chi connectivity index (χ2v) is 6.62. The van der Waals surface area contributed by atoms with Crippen molar-refractivity contribution in [3.63, 3.8) is 0 Å². The molecule has 0 aliphatic heterocycles. The third-order valence-corrected chi connectivity index (χ3v) is 4.76. The van der Waals surface area contributed by atoms with Crippen molar-refractivity contribution in [3.05, 3.63) is 59.2 Å². The van der Waals surface area contributed by atoms with E-state index in [1.807, 2.05) is 6.92 Å². The van der Waals surface area contributed by atoms with Gasteiger partial charge in [0.25, 0.3) is 10.0 Å². The normalized spacial score (nSPS) is 11.2. The van der Waals surface area contributed by atoms with Crippen LogP contribution in [0.25, 0.3) is 0 Å². The van der Waals surface area contributed by atoms with Crippen molar-refractivity contribution in [1.82, 2.24) is 0 Å². The summed E-state index contributed by atoms with van der Waals surface area (Å²) in [6, 6.07) is 11.0. The molecule has 2 rings (SSSR count).